The van der Waals surface area contributed by atoms with Crippen molar-refractivity contribution in [3.63, 3.8) is 0 Å². The lowest BCUT2D eigenvalue weighted by Gasteiger charge is -2.24. The van der Waals surface area contributed by atoms with Crippen molar-refractivity contribution in [2.24, 2.45) is 0 Å². The summed E-state index contributed by atoms with van der Waals surface area (Å²) in [5.74, 6) is -0.314. The van der Waals surface area contributed by atoms with Crippen LogP contribution in [0.3, 0.4) is 0 Å². The van der Waals surface area contributed by atoms with Gasteiger partial charge in [-0.1, -0.05) is 24.4 Å². The van der Waals surface area contributed by atoms with E-state index in [-0.39, 0.29) is 5.82 Å². The first kappa shape index (κ1) is 10.9. The van der Waals surface area contributed by atoms with Gasteiger partial charge in [0.1, 0.15) is 5.82 Å². The van der Waals surface area contributed by atoms with Crippen LogP contribution in [0.25, 0.3) is 0 Å². The van der Waals surface area contributed by atoms with Crippen LogP contribution < -0.4 is 0 Å². The van der Waals surface area contributed by atoms with E-state index in [2.05, 4.69) is 0 Å². The highest BCUT2D eigenvalue weighted by Crippen LogP contribution is 2.42. The molecule has 0 atom stereocenters. The Morgan fingerprint density at radius 3 is 2.53 bits per heavy atom. The quantitative estimate of drug-likeness (QED) is 0.780. The van der Waals surface area contributed by atoms with Crippen molar-refractivity contribution in [2.75, 3.05) is 0 Å². The number of rotatable bonds is 1. The van der Waals surface area contributed by atoms with Gasteiger partial charge in [0.15, 0.2) is 0 Å². The molecule has 0 amide bonds. The van der Waals surface area contributed by atoms with E-state index >= 15 is 0 Å². The van der Waals surface area contributed by atoms with Gasteiger partial charge in [-0.25, -0.2) is 4.39 Å². The Morgan fingerprint density at radius 2 is 1.93 bits per heavy atom. The molecule has 82 valence electrons. The lowest BCUT2D eigenvalue weighted by molar-refractivity contribution is 0.0444. The highest BCUT2D eigenvalue weighted by Gasteiger charge is 2.35. The molecule has 1 aliphatic carbocycles. The van der Waals surface area contributed by atoms with Gasteiger partial charge in [-0.05, 0) is 37.5 Å². The normalized spacial score (nSPS) is 19.5. The highest BCUT2D eigenvalue weighted by molar-refractivity contribution is 6.31. The average molecular weight is 229 g/mol. The Kier molecular flexibility index (Phi) is 2.73. The van der Waals surface area contributed by atoms with Crippen LogP contribution in [0.2, 0.25) is 5.02 Å². The van der Waals surface area contributed by atoms with E-state index in [1.165, 1.54) is 6.07 Å². The van der Waals surface area contributed by atoms with Gasteiger partial charge >= 0.3 is 0 Å². The van der Waals surface area contributed by atoms with Crippen LogP contribution in [-0.2, 0) is 5.60 Å². The first-order chi connectivity index (χ1) is 7.03. The standard InChI is InChI=1S/C12H14ClFO/c1-8-6-9(10(13)7-11(8)14)12(15)4-2-3-5-12/h6-7,15H,2-5H2,1H3. The fraction of sp³-hybridized carbons (Fsp3) is 0.500. The number of halogens is 2. The minimum atomic E-state index is -0.838. The molecule has 0 unspecified atom stereocenters. The van der Waals surface area contributed by atoms with Crippen LogP contribution in [0, 0.1) is 12.7 Å². The Morgan fingerprint density at radius 1 is 1.33 bits per heavy atom. The van der Waals surface area contributed by atoms with E-state index in [0.717, 1.165) is 25.7 Å². The largest absolute Gasteiger partial charge is 0.385 e. The predicted molar refractivity (Wildman–Crippen MR) is 58.5 cm³/mol. The van der Waals surface area contributed by atoms with Gasteiger partial charge < -0.3 is 5.11 Å². The molecule has 1 aliphatic rings. The molecule has 1 nitrogen and oxygen atoms in total. The fourth-order valence-corrected chi connectivity index (χ4v) is 2.57. The topological polar surface area (TPSA) is 20.2 Å². The summed E-state index contributed by atoms with van der Waals surface area (Å²) in [4.78, 5) is 0. The Labute approximate surface area is 93.9 Å². The van der Waals surface area contributed by atoms with Crippen LogP contribution in [0.1, 0.15) is 36.8 Å². The molecule has 3 heteroatoms. The van der Waals surface area contributed by atoms with Gasteiger partial charge in [-0.3, -0.25) is 0 Å². The van der Waals surface area contributed by atoms with Crippen molar-refractivity contribution in [3.05, 3.63) is 34.1 Å². The molecular weight excluding hydrogens is 215 g/mol. The summed E-state index contributed by atoms with van der Waals surface area (Å²) >= 11 is 5.97. The summed E-state index contributed by atoms with van der Waals surface area (Å²) in [5.41, 5.74) is 0.380. The molecule has 1 N–H and O–H groups in total. The third-order valence-corrected chi connectivity index (χ3v) is 3.49. The summed E-state index contributed by atoms with van der Waals surface area (Å²) in [6.45, 7) is 1.69. The average Bonchev–Trinajstić information content (AvgIpc) is 2.60. The monoisotopic (exact) mass is 228 g/mol. The van der Waals surface area contributed by atoms with Crippen molar-refractivity contribution >= 4 is 11.6 Å². The SMILES string of the molecule is Cc1cc(C2(O)CCCC2)c(Cl)cc1F. The molecule has 1 saturated carbocycles. The molecule has 0 radical (unpaired) electrons. The van der Waals surface area contributed by atoms with E-state index < -0.39 is 5.60 Å². The molecule has 0 aromatic heterocycles. The number of hydrogen-bond acceptors (Lipinski definition) is 1. The van der Waals surface area contributed by atoms with Gasteiger partial charge in [0.2, 0.25) is 0 Å². The number of hydrogen-bond donors (Lipinski definition) is 1. The minimum Gasteiger partial charge on any atom is -0.385 e. The van der Waals surface area contributed by atoms with Crippen molar-refractivity contribution in [3.8, 4) is 0 Å². The van der Waals surface area contributed by atoms with E-state index in [4.69, 9.17) is 11.6 Å². The molecule has 1 aromatic carbocycles. The minimum absolute atomic E-state index is 0.314. The zero-order valence-corrected chi connectivity index (χ0v) is 9.44. The van der Waals surface area contributed by atoms with Crippen molar-refractivity contribution in [2.45, 2.75) is 38.2 Å². The molecule has 0 aliphatic heterocycles. The number of aryl methyl sites for hydroxylation is 1. The van der Waals surface area contributed by atoms with Crippen LogP contribution in [-0.4, -0.2) is 5.11 Å². The molecule has 0 spiro atoms. The summed E-state index contributed by atoms with van der Waals surface area (Å²) < 4.78 is 13.2. The second-order valence-electron chi connectivity index (χ2n) is 4.32. The van der Waals surface area contributed by atoms with Crippen LogP contribution >= 0.6 is 11.6 Å². The van der Waals surface area contributed by atoms with Crippen molar-refractivity contribution < 1.29 is 9.50 Å². The molecular formula is C12H14ClFO. The molecule has 1 aromatic rings. The first-order valence-electron chi connectivity index (χ1n) is 5.21. The molecule has 0 heterocycles. The summed E-state index contributed by atoms with van der Waals surface area (Å²) in [5, 5.41) is 10.7. The van der Waals surface area contributed by atoms with Gasteiger partial charge in [0, 0.05) is 10.6 Å². The third kappa shape index (κ3) is 1.88. The van der Waals surface area contributed by atoms with Crippen LogP contribution in [0.15, 0.2) is 12.1 Å². The van der Waals surface area contributed by atoms with E-state index in [0.29, 0.717) is 16.1 Å². The predicted octanol–water partition coefficient (Wildman–Crippen LogP) is 3.55. The van der Waals surface area contributed by atoms with Gasteiger partial charge in [-0.15, -0.1) is 0 Å². The van der Waals surface area contributed by atoms with Gasteiger partial charge in [0.25, 0.3) is 0 Å². The highest BCUT2D eigenvalue weighted by atomic mass is 35.5. The smallest absolute Gasteiger partial charge is 0.127 e. The maximum atomic E-state index is 13.2. The van der Waals surface area contributed by atoms with E-state index in [1.54, 1.807) is 13.0 Å². The molecule has 1 fully saturated rings. The summed E-state index contributed by atoms with van der Waals surface area (Å²) in [7, 11) is 0. The van der Waals surface area contributed by atoms with Crippen LogP contribution in [0.4, 0.5) is 4.39 Å². The lowest BCUT2D eigenvalue weighted by atomic mass is 9.91. The molecule has 15 heavy (non-hydrogen) atoms. The first-order valence-corrected chi connectivity index (χ1v) is 5.59. The van der Waals surface area contributed by atoms with Gasteiger partial charge in [0.05, 0.1) is 5.60 Å². The second kappa shape index (κ2) is 3.76. The van der Waals surface area contributed by atoms with Crippen molar-refractivity contribution in [1.82, 2.24) is 0 Å². The lowest BCUT2D eigenvalue weighted by Crippen LogP contribution is -2.21. The Bertz CT molecular complexity index is 383. The summed E-state index contributed by atoms with van der Waals surface area (Å²) in [6, 6.07) is 2.96. The molecule has 0 saturated heterocycles. The third-order valence-electron chi connectivity index (χ3n) is 3.18. The fourth-order valence-electron chi connectivity index (χ4n) is 2.24. The Balaban J connectivity index is 2.48. The maximum absolute atomic E-state index is 13.2. The van der Waals surface area contributed by atoms with Gasteiger partial charge in [-0.2, -0.15) is 0 Å². The van der Waals surface area contributed by atoms with E-state index in [9.17, 15) is 9.50 Å². The number of aliphatic hydroxyl groups is 1. The number of benzene rings is 1. The van der Waals surface area contributed by atoms with Crippen molar-refractivity contribution in [1.29, 1.82) is 0 Å². The zero-order valence-electron chi connectivity index (χ0n) is 8.69. The maximum Gasteiger partial charge on any atom is 0.127 e. The second-order valence-corrected chi connectivity index (χ2v) is 4.73. The molecule has 2 rings (SSSR count). The summed E-state index contributed by atoms with van der Waals surface area (Å²) in [6.07, 6.45) is 3.45. The van der Waals surface area contributed by atoms with E-state index in [1.807, 2.05) is 0 Å². The van der Waals surface area contributed by atoms with Crippen LogP contribution in [0.5, 0.6) is 0 Å². The zero-order chi connectivity index (χ0) is 11.1. The Hall–Kier alpha value is -0.600. The molecule has 0 bridgehead atoms.